The van der Waals surface area contributed by atoms with E-state index in [-0.39, 0.29) is 24.5 Å². The molecule has 0 aliphatic carbocycles. The van der Waals surface area contributed by atoms with Crippen molar-refractivity contribution < 1.29 is 28.9 Å². The van der Waals surface area contributed by atoms with E-state index in [2.05, 4.69) is 5.32 Å². The van der Waals surface area contributed by atoms with Crippen LogP contribution in [-0.2, 0) is 20.7 Å². The van der Waals surface area contributed by atoms with Gasteiger partial charge in [0.05, 0.1) is 20.8 Å². The standard InChI is InChI=1S/C17H25NO6/c1-6-24-14(21)9-13(20)18-17(2,3)10-11-7-8-12(19)16(23-5)15(11)22-4/h7-8,19H,6,9-10H2,1-5H3,(H,18,20). The van der Waals surface area contributed by atoms with E-state index >= 15 is 0 Å². The number of hydrogen-bond donors (Lipinski definition) is 2. The summed E-state index contributed by atoms with van der Waals surface area (Å²) in [4.78, 5) is 23.3. The van der Waals surface area contributed by atoms with Crippen molar-refractivity contribution in [3.8, 4) is 17.2 Å². The lowest BCUT2D eigenvalue weighted by atomic mass is 9.93. The van der Waals surface area contributed by atoms with E-state index in [0.717, 1.165) is 5.56 Å². The quantitative estimate of drug-likeness (QED) is 0.554. The summed E-state index contributed by atoms with van der Waals surface area (Å²) >= 11 is 0. The number of benzene rings is 1. The average Bonchev–Trinajstić information content (AvgIpc) is 2.47. The van der Waals surface area contributed by atoms with Crippen molar-refractivity contribution in [1.29, 1.82) is 0 Å². The summed E-state index contributed by atoms with van der Waals surface area (Å²) < 4.78 is 15.2. The molecule has 0 saturated carbocycles. The molecule has 0 aliphatic heterocycles. The molecule has 2 N–H and O–H groups in total. The number of nitrogens with one attached hydrogen (secondary N) is 1. The van der Waals surface area contributed by atoms with Crippen LogP contribution in [-0.4, -0.2) is 43.3 Å². The van der Waals surface area contributed by atoms with Gasteiger partial charge in [0.25, 0.3) is 0 Å². The van der Waals surface area contributed by atoms with Crippen LogP contribution in [0.25, 0.3) is 0 Å². The molecule has 1 amide bonds. The van der Waals surface area contributed by atoms with Crippen LogP contribution < -0.4 is 14.8 Å². The van der Waals surface area contributed by atoms with Crippen molar-refractivity contribution in [2.24, 2.45) is 0 Å². The van der Waals surface area contributed by atoms with Gasteiger partial charge in [-0.25, -0.2) is 0 Å². The molecule has 0 unspecified atom stereocenters. The SMILES string of the molecule is CCOC(=O)CC(=O)NC(C)(C)Cc1ccc(O)c(OC)c1OC. The Morgan fingerprint density at radius 2 is 1.79 bits per heavy atom. The molecule has 7 heteroatoms. The van der Waals surface area contributed by atoms with Crippen LogP contribution in [0.5, 0.6) is 17.2 Å². The molecule has 0 bridgehead atoms. The fourth-order valence-electron chi connectivity index (χ4n) is 2.44. The Hall–Kier alpha value is -2.44. The Balaban J connectivity index is 2.87. The van der Waals surface area contributed by atoms with Gasteiger partial charge in [0.1, 0.15) is 6.42 Å². The number of carbonyl (C=O) groups is 2. The number of aromatic hydroxyl groups is 1. The lowest BCUT2D eigenvalue weighted by molar-refractivity contribution is -0.146. The van der Waals surface area contributed by atoms with Crippen LogP contribution in [0.4, 0.5) is 0 Å². The molecule has 24 heavy (non-hydrogen) atoms. The Labute approximate surface area is 141 Å². The molecule has 0 radical (unpaired) electrons. The fourth-order valence-corrected chi connectivity index (χ4v) is 2.44. The van der Waals surface area contributed by atoms with Crippen molar-refractivity contribution >= 4 is 11.9 Å². The number of hydrogen-bond acceptors (Lipinski definition) is 6. The minimum Gasteiger partial charge on any atom is -0.504 e. The molecular formula is C17H25NO6. The van der Waals surface area contributed by atoms with E-state index in [1.54, 1.807) is 13.0 Å². The number of amides is 1. The highest BCUT2D eigenvalue weighted by Gasteiger charge is 2.26. The molecule has 0 aromatic heterocycles. The van der Waals surface area contributed by atoms with Crippen LogP contribution in [0, 0.1) is 0 Å². The van der Waals surface area contributed by atoms with Crippen molar-refractivity contribution in [3.05, 3.63) is 17.7 Å². The first-order chi connectivity index (χ1) is 11.2. The van der Waals surface area contributed by atoms with Gasteiger partial charge in [0.15, 0.2) is 11.5 Å². The first kappa shape index (κ1) is 19.6. The maximum Gasteiger partial charge on any atom is 0.315 e. The number of rotatable bonds is 8. The molecule has 0 fully saturated rings. The predicted molar refractivity (Wildman–Crippen MR) is 88.4 cm³/mol. The lowest BCUT2D eigenvalue weighted by Crippen LogP contribution is -2.45. The molecule has 0 heterocycles. The number of phenols is 1. The zero-order valence-electron chi connectivity index (χ0n) is 14.8. The van der Waals surface area contributed by atoms with E-state index in [0.29, 0.717) is 12.2 Å². The summed E-state index contributed by atoms with van der Waals surface area (Å²) in [5.74, 6) is -0.353. The molecule has 134 valence electrons. The highest BCUT2D eigenvalue weighted by Crippen LogP contribution is 2.40. The molecule has 1 rings (SSSR count). The smallest absolute Gasteiger partial charge is 0.315 e. The summed E-state index contributed by atoms with van der Waals surface area (Å²) in [6.45, 7) is 5.58. The van der Waals surface area contributed by atoms with Gasteiger partial charge in [-0.1, -0.05) is 6.07 Å². The van der Waals surface area contributed by atoms with Crippen LogP contribution in [0.1, 0.15) is 32.8 Å². The van der Waals surface area contributed by atoms with Crippen LogP contribution in [0.15, 0.2) is 12.1 Å². The van der Waals surface area contributed by atoms with Gasteiger partial charge >= 0.3 is 5.97 Å². The van der Waals surface area contributed by atoms with Crippen LogP contribution in [0.3, 0.4) is 0 Å². The van der Waals surface area contributed by atoms with Crippen molar-refractivity contribution in [2.45, 2.75) is 39.2 Å². The van der Waals surface area contributed by atoms with E-state index in [1.165, 1.54) is 20.3 Å². The zero-order valence-corrected chi connectivity index (χ0v) is 14.8. The molecule has 7 nitrogen and oxygen atoms in total. The van der Waals surface area contributed by atoms with E-state index in [9.17, 15) is 14.7 Å². The van der Waals surface area contributed by atoms with Gasteiger partial charge in [0.2, 0.25) is 11.7 Å². The second-order valence-corrected chi connectivity index (χ2v) is 5.90. The predicted octanol–water partition coefficient (Wildman–Crippen LogP) is 1.80. The Kier molecular flexibility index (Phi) is 6.88. The Bertz CT molecular complexity index is 597. The first-order valence-corrected chi connectivity index (χ1v) is 7.63. The third-order valence-corrected chi connectivity index (χ3v) is 3.30. The maximum atomic E-state index is 12.0. The minimum atomic E-state index is -0.640. The van der Waals surface area contributed by atoms with Crippen LogP contribution >= 0.6 is 0 Å². The topological polar surface area (TPSA) is 94.1 Å². The summed E-state index contributed by atoms with van der Waals surface area (Å²) in [7, 11) is 2.92. The molecule has 0 spiro atoms. The van der Waals surface area contributed by atoms with Gasteiger partial charge in [-0.05, 0) is 33.3 Å². The van der Waals surface area contributed by atoms with Gasteiger partial charge in [0, 0.05) is 11.1 Å². The van der Waals surface area contributed by atoms with E-state index in [4.69, 9.17) is 14.2 Å². The summed E-state index contributed by atoms with van der Waals surface area (Å²) in [5.41, 5.74) is 0.118. The average molecular weight is 339 g/mol. The Morgan fingerprint density at radius 1 is 1.17 bits per heavy atom. The maximum absolute atomic E-state index is 12.0. The third-order valence-electron chi connectivity index (χ3n) is 3.30. The van der Waals surface area contributed by atoms with E-state index in [1.807, 2.05) is 13.8 Å². The number of ether oxygens (including phenoxy) is 3. The molecule has 1 aromatic rings. The monoisotopic (exact) mass is 339 g/mol. The number of esters is 1. The third kappa shape index (κ3) is 5.33. The lowest BCUT2D eigenvalue weighted by Gasteiger charge is -2.27. The molecule has 0 saturated heterocycles. The summed E-state index contributed by atoms with van der Waals surface area (Å²) in [5, 5.41) is 12.6. The molecular weight excluding hydrogens is 314 g/mol. The first-order valence-electron chi connectivity index (χ1n) is 7.63. The molecule has 0 aliphatic rings. The Morgan fingerprint density at radius 3 is 2.33 bits per heavy atom. The number of phenolic OH excluding ortho intramolecular Hbond substituents is 1. The minimum absolute atomic E-state index is 0.0257. The van der Waals surface area contributed by atoms with E-state index < -0.39 is 17.4 Å². The van der Waals surface area contributed by atoms with Crippen LogP contribution in [0.2, 0.25) is 0 Å². The van der Waals surface area contributed by atoms with Gasteiger partial charge in [-0.2, -0.15) is 0 Å². The normalized spacial score (nSPS) is 10.9. The fraction of sp³-hybridized carbons (Fsp3) is 0.529. The summed E-state index contributed by atoms with van der Waals surface area (Å²) in [6, 6.07) is 3.21. The van der Waals surface area contributed by atoms with Gasteiger partial charge in [-0.15, -0.1) is 0 Å². The van der Waals surface area contributed by atoms with Crippen molar-refractivity contribution in [2.75, 3.05) is 20.8 Å². The largest absolute Gasteiger partial charge is 0.504 e. The highest BCUT2D eigenvalue weighted by molar-refractivity contribution is 5.94. The zero-order chi connectivity index (χ0) is 18.3. The number of methoxy groups -OCH3 is 2. The molecule has 1 aromatic carbocycles. The van der Waals surface area contributed by atoms with Crippen molar-refractivity contribution in [1.82, 2.24) is 5.32 Å². The second kappa shape index (κ2) is 8.42. The second-order valence-electron chi connectivity index (χ2n) is 5.90. The van der Waals surface area contributed by atoms with Crippen molar-refractivity contribution in [3.63, 3.8) is 0 Å². The van der Waals surface area contributed by atoms with Gasteiger partial charge < -0.3 is 24.6 Å². The molecule has 0 atom stereocenters. The number of carbonyl (C=O) groups excluding carboxylic acids is 2. The van der Waals surface area contributed by atoms with Gasteiger partial charge in [-0.3, -0.25) is 9.59 Å². The highest BCUT2D eigenvalue weighted by atomic mass is 16.5. The summed E-state index contributed by atoms with van der Waals surface area (Å²) in [6.07, 6.45) is 0.0919.